The first-order valence-electron chi connectivity index (χ1n) is 5.85. The zero-order chi connectivity index (χ0) is 10.1. The van der Waals surface area contributed by atoms with Gasteiger partial charge in [-0.3, -0.25) is 0 Å². The predicted octanol–water partition coefficient (Wildman–Crippen LogP) is 1.10. The average molecular weight is 200 g/mol. The van der Waals surface area contributed by atoms with Crippen LogP contribution in [0.25, 0.3) is 0 Å². The molecule has 0 aromatic rings. The molecule has 1 rings (SSSR count). The molecule has 0 bridgehead atoms. The number of ether oxygens (including phenoxy) is 1. The third-order valence-corrected chi connectivity index (χ3v) is 2.76. The van der Waals surface area contributed by atoms with Crippen LogP contribution in [0.4, 0.5) is 0 Å². The van der Waals surface area contributed by atoms with Crippen LogP contribution in [0.2, 0.25) is 0 Å². The van der Waals surface area contributed by atoms with E-state index < -0.39 is 0 Å². The van der Waals surface area contributed by atoms with Crippen LogP contribution in [-0.2, 0) is 4.74 Å². The molecule has 1 N–H and O–H groups in total. The molecule has 3 heteroatoms. The van der Waals surface area contributed by atoms with Gasteiger partial charge in [0.15, 0.2) is 0 Å². The summed E-state index contributed by atoms with van der Waals surface area (Å²) in [5.41, 5.74) is 0. The second-order valence-electron chi connectivity index (χ2n) is 4.00. The summed E-state index contributed by atoms with van der Waals surface area (Å²) in [6.07, 6.45) is 5.20. The van der Waals surface area contributed by atoms with Crippen LogP contribution in [0, 0.1) is 0 Å². The summed E-state index contributed by atoms with van der Waals surface area (Å²) in [7, 11) is 1.76. The predicted molar refractivity (Wildman–Crippen MR) is 59.7 cm³/mol. The Labute approximate surface area is 87.8 Å². The zero-order valence-corrected chi connectivity index (χ0v) is 9.43. The minimum atomic E-state index is 0.897. The highest BCUT2D eigenvalue weighted by atomic mass is 16.5. The Bertz CT molecular complexity index is 124. The number of hydrogen-bond acceptors (Lipinski definition) is 3. The summed E-state index contributed by atoms with van der Waals surface area (Å²) in [4.78, 5) is 2.54. The van der Waals surface area contributed by atoms with Crippen LogP contribution in [0.1, 0.15) is 25.7 Å². The molecule has 1 aliphatic heterocycles. The number of methoxy groups -OCH3 is 1. The second kappa shape index (κ2) is 8.21. The number of rotatable bonds is 8. The van der Waals surface area contributed by atoms with Crippen LogP contribution in [0.5, 0.6) is 0 Å². The van der Waals surface area contributed by atoms with E-state index in [2.05, 4.69) is 10.2 Å². The Morgan fingerprint density at radius 3 is 2.64 bits per heavy atom. The molecule has 0 amide bonds. The van der Waals surface area contributed by atoms with E-state index >= 15 is 0 Å². The summed E-state index contributed by atoms with van der Waals surface area (Å²) >= 11 is 0. The van der Waals surface area contributed by atoms with Crippen LogP contribution < -0.4 is 5.32 Å². The first kappa shape index (κ1) is 12.0. The van der Waals surface area contributed by atoms with Crippen molar-refractivity contribution in [3.8, 4) is 0 Å². The Morgan fingerprint density at radius 1 is 1.14 bits per heavy atom. The summed E-state index contributed by atoms with van der Waals surface area (Å²) in [6, 6.07) is 0. The van der Waals surface area contributed by atoms with Gasteiger partial charge in [0, 0.05) is 26.8 Å². The molecular weight excluding hydrogens is 176 g/mol. The zero-order valence-electron chi connectivity index (χ0n) is 9.43. The normalized spacial score (nSPS) is 17.8. The maximum absolute atomic E-state index is 4.99. The highest BCUT2D eigenvalue weighted by molar-refractivity contribution is 4.66. The van der Waals surface area contributed by atoms with E-state index in [1.54, 1.807) is 7.11 Å². The van der Waals surface area contributed by atoms with E-state index in [1.807, 2.05) is 0 Å². The lowest BCUT2D eigenvalue weighted by molar-refractivity contribution is 0.192. The fourth-order valence-electron chi connectivity index (χ4n) is 1.86. The van der Waals surface area contributed by atoms with Gasteiger partial charge in [0.2, 0.25) is 0 Å². The molecule has 0 unspecified atom stereocenters. The van der Waals surface area contributed by atoms with Gasteiger partial charge >= 0.3 is 0 Å². The maximum Gasteiger partial charge on any atom is 0.0462 e. The smallest absolute Gasteiger partial charge is 0.0462 e. The topological polar surface area (TPSA) is 24.5 Å². The molecule has 0 atom stereocenters. The third-order valence-electron chi connectivity index (χ3n) is 2.76. The van der Waals surface area contributed by atoms with Crippen molar-refractivity contribution in [3.63, 3.8) is 0 Å². The van der Waals surface area contributed by atoms with Crippen molar-refractivity contribution < 1.29 is 4.74 Å². The number of likely N-dealkylation sites (tertiary alicyclic amines) is 1. The lowest BCUT2D eigenvalue weighted by Crippen LogP contribution is -2.30. The Kier molecular flexibility index (Phi) is 7.01. The fraction of sp³-hybridized carbons (Fsp3) is 1.00. The van der Waals surface area contributed by atoms with E-state index in [1.165, 1.54) is 45.3 Å². The first-order valence-corrected chi connectivity index (χ1v) is 5.85. The van der Waals surface area contributed by atoms with E-state index in [4.69, 9.17) is 4.74 Å². The molecule has 1 heterocycles. The van der Waals surface area contributed by atoms with Gasteiger partial charge in [-0.15, -0.1) is 0 Å². The fourth-order valence-corrected chi connectivity index (χ4v) is 1.86. The highest BCUT2D eigenvalue weighted by Gasteiger charge is 2.09. The molecule has 0 radical (unpaired) electrons. The molecule has 0 spiro atoms. The van der Waals surface area contributed by atoms with Gasteiger partial charge in [0.1, 0.15) is 0 Å². The molecule has 3 nitrogen and oxygen atoms in total. The molecule has 0 aromatic carbocycles. The van der Waals surface area contributed by atoms with Crippen LogP contribution in [0.15, 0.2) is 0 Å². The molecule has 0 aliphatic carbocycles. The SMILES string of the molecule is COCCCCNCCN1CCCC1. The summed E-state index contributed by atoms with van der Waals surface area (Å²) < 4.78 is 4.99. The maximum atomic E-state index is 4.99. The van der Waals surface area contributed by atoms with Crippen molar-refractivity contribution in [2.75, 3.05) is 46.4 Å². The van der Waals surface area contributed by atoms with Crippen molar-refractivity contribution in [3.05, 3.63) is 0 Å². The lowest BCUT2D eigenvalue weighted by Gasteiger charge is -2.14. The van der Waals surface area contributed by atoms with Crippen molar-refractivity contribution in [2.24, 2.45) is 0 Å². The minimum Gasteiger partial charge on any atom is -0.385 e. The summed E-state index contributed by atoms with van der Waals surface area (Å²) in [5, 5.41) is 3.47. The molecule has 84 valence electrons. The van der Waals surface area contributed by atoms with Gasteiger partial charge in [-0.1, -0.05) is 0 Å². The monoisotopic (exact) mass is 200 g/mol. The van der Waals surface area contributed by atoms with Gasteiger partial charge in [-0.05, 0) is 45.3 Å². The van der Waals surface area contributed by atoms with Gasteiger partial charge in [0.05, 0.1) is 0 Å². The average Bonchev–Trinajstić information content (AvgIpc) is 2.69. The van der Waals surface area contributed by atoms with Gasteiger partial charge in [-0.2, -0.15) is 0 Å². The van der Waals surface area contributed by atoms with Crippen LogP contribution in [0.3, 0.4) is 0 Å². The van der Waals surface area contributed by atoms with Crippen LogP contribution >= 0.6 is 0 Å². The molecule has 14 heavy (non-hydrogen) atoms. The van der Waals surface area contributed by atoms with Crippen molar-refractivity contribution in [1.29, 1.82) is 0 Å². The summed E-state index contributed by atoms with van der Waals surface area (Å²) in [6.45, 7) is 7.03. The minimum absolute atomic E-state index is 0.897. The molecule has 0 saturated carbocycles. The Morgan fingerprint density at radius 2 is 1.93 bits per heavy atom. The number of hydrogen-bond donors (Lipinski definition) is 1. The van der Waals surface area contributed by atoms with E-state index in [0.29, 0.717) is 0 Å². The van der Waals surface area contributed by atoms with E-state index in [9.17, 15) is 0 Å². The summed E-state index contributed by atoms with van der Waals surface area (Å²) in [5.74, 6) is 0. The quantitative estimate of drug-likeness (QED) is 0.594. The molecular formula is C11H24N2O. The highest BCUT2D eigenvalue weighted by Crippen LogP contribution is 2.05. The van der Waals surface area contributed by atoms with Crippen molar-refractivity contribution in [2.45, 2.75) is 25.7 Å². The van der Waals surface area contributed by atoms with Crippen molar-refractivity contribution in [1.82, 2.24) is 10.2 Å². The van der Waals surface area contributed by atoms with E-state index in [0.717, 1.165) is 19.7 Å². The largest absolute Gasteiger partial charge is 0.385 e. The molecule has 1 saturated heterocycles. The van der Waals surface area contributed by atoms with Gasteiger partial charge in [-0.25, -0.2) is 0 Å². The molecule has 1 fully saturated rings. The third kappa shape index (κ3) is 5.58. The number of nitrogens with one attached hydrogen (secondary N) is 1. The second-order valence-corrected chi connectivity index (χ2v) is 4.00. The number of nitrogens with zero attached hydrogens (tertiary/aromatic N) is 1. The van der Waals surface area contributed by atoms with Gasteiger partial charge in [0.25, 0.3) is 0 Å². The Hall–Kier alpha value is -0.120. The molecule has 1 aliphatic rings. The van der Waals surface area contributed by atoms with Gasteiger partial charge < -0.3 is 15.0 Å². The van der Waals surface area contributed by atoms with Crippen molar-refractivity contribution >= 4 is 0 Å². The number of unbranched alkanes of at least 4 members (excludes halogenated alkanes) is 1. The Balaban J connectivity index is 1.75. The molecule has 0 aromatic heterocycles. The first-order chi connectivity index (χ1) is 6.93. The lowest BCUT2D eigenvalue weighted by atomic mass is 10.3. The standard InChI is InChI=1S/C11H24N2O/c1-14-11-5-2-6-12-7-10-13-8-3-4-9-13/h12H,2-11H2,1H3. The van der Waals surface area contributed by atoms with E-state index in [-0.39, 0.29) is 0 Å². The van der Waals surface area contributed by atoms with Crippen LogP contribution in [-0.4, -0.2) is 51.3 Å².